The highest BCUT2D eigenvalue weighted by Crippen LogP contribution is 2.30. The Hall–Kier alpha value is -3.09. The summed E-state index contributed by atoms with van der Waals surface area (Å²) < 4.78 is 11.5. The minimum Gasteiger partial charge on any atom is -0.490 e. The third-order valence-corrected chi connectivity index (χ3v) is 4.99. The maximum atomic E-state index is 13.1. The number of amides is 2. The molecule has 0 aliphatic carbocycles. The fraction of sp³-hybridized carbons (Fsp3) is 0.409. The number of benzene rings is 1. The third kappa shape index (κ3) is 4.04. The highest BCUT2D eigenvalue weighted by molar-refractivity contribution is 5.97. The van der Waals surface area contributed by atoms with Crippen molar-refractivity contribution in [2.24, 2.45) is 0 Å². The van der Waals surface area contributed by atoms with E-state index in [-0.39, 0.29) is 18.0 Å². The second kappa shape index (κ2) is 7.39. The zero-order chi connectivity index (χ0) is 20.6. The molecule has 2 aliphatic heterocycles. The minimum absolute atomic E-state index is 0.113. The van der Waals surface area contributed by atoms with Crippen molar-refractivity contribution in [3.63, 3.8) is 0 Å². The Labute approximate surface area is 170 Å². The van der Waals surface area contributed by atoms with E-state index in [2.05, 4.69) is 4.98 Å². The lowest BCUT2D eigenvalue weighted by atomic mass is 10.1. The number of fused-ring (bicyclic) bond motifs is 2. The third-order valence-electron chi connectivity index (χ3n) is 4.99. The van der Waals surface area contributed by atoms with Crippen LogP contribution in [0, 0.1) is 0 Å². The summed E-state index contributed by atoms with van der Waals surface area (Å²) in [5.74, 6) is 0.417. The summed E-state index contributed by atoms with van der Waals surface area (Å²) in [6.07, 6.45) is 1.22. The highest BCUT2D eigenvalue weighted by atomic mass is 16.6. The molecule has 2 aliphatic rings. The van der Waals surface area contributed by atoms with E-state index in [9.17, 15) is 9.59 Å². The Morgan fingerprint density at radius 1 is 1.21 bits per heavy atom. The molecule has 0 N–H and O–H groups in total. The first kappa shape index (κ1) is 19.2. The maximum absolute atomic E-state index is 13.1. The van der Waals surface area contributed by atoms with Gasteiger partial charge < -0.3 is 19.3 Å². The quantitative estimate of drug-likeness (QED) is 0.742. The summed E-state index contributed by atoms with van der Waals surface area (Å²) in [4.78, 5) is 33.4. The second-order valence-electron chi connectivity index (χ2n) is 8.32. The number of rotatable bonds is 1. The number of carbonyl (C=O) groups is 2. The molecule has 152 valence electrons. The lowest BCUT2D eigenvalue weighted by Crippen LogP contribution is -2.58. The maximum Gasteiger partial charge on any atom is 0.410 e. The van der Waals surface area contributed by atoms with Gasteiger partial charge in [-0.15, -0.1) is 0 Å². The zero-order valence-corrected chi connectivity index (χ0v) is 16.9. The zero-order valence-electron chi connectivity index (χ0n) is 16.9. The summed E-state index contributed by atoms with van der Waals surface area (Å²) in [7, 11) is 0. The normalized spacial score (nSPS) is 19.0. The van der Waals surface area contributed by atoms with E-state index in [0.717, 1.165) is 11.3 Å². The summed E-state index contributed by atoms with van der Waals surface area (Å²) in [5.41, 5.74) is 1.62. The number of hydrogen-bond donors (Lipinski definition) is 0. The standard InChI is InChI=1S/C22H25N3O4/c1-22(2,3)29-21(27)24-9-10-25-16(13-24)14-28-19-11-18(15-7-5-4-6-8-15)23-12-17(19)20(25)26/h4-8,11-12,16H,9-10,13-14H2,1-3H3. The number of hydrogen-bond acceptors (Lipinski definition) is 5. The molecule has 7 heteroatoms. The molecule has 1 atom stereocenters. The van der Waals surface area contributed by atoms with Crippen molar-refractivity contribution in [3.05, 3.63) is 48.2 Å². The highest BCUT2D eigenvalue weighted by Gasteiger charge is 2.38. The first-order valence-electron chi connectivity index (χ1n) is 9.79. The van der Waals surface area contributed by atoms with Gasteiger partial charge in [-0.1, -0.05) is 30.3 Å². The van der Waals surface area contributed by atoms with E-state index in [1.165, 1.54) is 0 Å². The lowest BCUT2D eigenvalue weighted by molar-refractivity contribution is 0.000950. The van der Waals surface area contributed by atoms with E-state index >= 15 is 0 Å². The van der Waals surface area contributed by atoms with Crippen molar-refractivity contribution >= 4 is 12.0 Å². The topological polar surface area (TPSA) is 72.0 Å². The van der Waals surface area contributed by atoms with Gasteiger partial charge in [0.05, 0.1) is 17.3 Å². The van der Waals surface area contributed by atoms with Crippen LogP contribution in [0.3, 0.4) is 0 Å². The van der Waals surface area contributed by atoms with Gasteiger partial charge in [0.15, 0.2) is 0 Å². The smallest absolute Gasteiger partial charge is 0.410 e. The molecule has 3 heterocycles. The number of carbonyl (C=O) groups excluding carboxylic acids is 2. The Bertz CT molecular complexity index is 923. The molecule has 2 aromatic rings. The molecule has 1 unspecified atom stereocenters. The monoisotopic (exact) mass is 395 g/mol. The Morgan fingerprint density at radius 3 is 2.69 bits per heavy atom. The van der Waals surface area contributed by atoms with Gasteiger partial charge in [-0.05, 0) is 20.8 Å². The average molecular weight is 395 g/mol. The van der Waals surface area contributed by atoms with Crippen LogP contribution in [0.4, 0.5) is 4.79 Å². The van der Waals surface area contributed by atoms with Crippen LogP contribution in [-0.4, -0.2) is 64.7 Å². The van der Waals surface area contributed by atoms with Crippen LogP contribution in [0.25, 0.3) is 11.3 Å². The number of nitrogens with zero attached hydrogens (tertiary/aromatic N) is 3. The predicted octanol–water partition coefficient (Wildman–Crippen LogP) is 3.20. The van der Waals surface area contributed by atoms with Crippen molar-refractivity contribution < 1.29 is 19.1 Å². The van der Waals surface area contributed by atoms with Crippen LogP contribution in [0.2, 0.25) is 0 Å². The van der Waals surface area contributed by atoms with Gasteiger partial charge in [0.1, 0.15) is 18.0 Å². The van der Waals surface area contributed by atoms with Crippen LogP contribution in [0.1, 0.15) is 31.1 Å². The van der Waals surface area contributed by atoms with Crippen LogP contribution in [0.5, 0.6) is 5.75 Å². The molecule has 7 nitrogen and oxygen atoms in total. The lowest BCUT2D eigenvalue weighted by Gasteiger charge is -2.40. The first-order chi connectivity index (χ1) is 13.8. The number of piperazine rings is 1. The molecule has 29 heavy (non-hydrogen) atoms. The molecule has 1 saturated heterocycles. The summed E-state index contributed by atoms with van der Waals surface area (Å²) in [5, 5.41) is 0. The fourth-order valence-electron chi connectivity index (χ4n) is 3.58. The molecule has 4 rings (SSSR count). The second-order valence-corrected chi connectivity index (χ2v) is 8.32. The van der Waals surface area contributed by atoms with E-state index in [0.29, 0.717) is 37.6 Å². The van der Waals surface area contributed by atoms with Crippen molar-refractivity contribution in [1.82, 2.24) is 14.8 Å². The Morgan fingerprint density at radius 2 is 1.97 bits per heavy atom. The van der Waals surface area contributed by atoms with E-state index in [1.54, 1.807) is 16.0 Å². The van der Waals surface area contributed by atoms with Gasteiger partial charge >= 0.3 is 6.09 Å². The van der Waals surface area contributed by atoms with Crippen LogP contribution < -0.4 is 4.74 Å². The largest absolute Gasteiger partial charge is 0.490 e. The van der Waals surface area contributed by atoms with E-state index < -0.39 is 5.60 Å². The summed E-state index contributed by atoms with van der Waals surface area (Å²) >= 11 is 0. The minimum atomic E-state index is -0.556. The van der Waals surface area contributed by atoms with Gasteiger partial charge in [-0.3, -0.25) is 9.78 Å². The molecule has 2 amide bonds. The Kier molecular flexibility index (Phi) is 4.90. The summed E-state index contributed by atoms with van der Waals surface area (Å²) in [6, 6.07) is 11.4. The molecule has 1 fully saturated rings. The van der Waals surface area contributed by atoms with Crippen LogP contribution in [-0.2, 0) is 4.74 Å². The van der Waals surface area contributed by atoms with Gasteiger partial charge in [-0.25, -0.2) is 4.79 Å². The molecular formula is C22H25N3O4. The number of aromatic nitrogens is 1. The van der Waals surface area contributed by atoms with E-state index in [1.807, 2.05) is 57.2 Å². The molecule has 1 aromatic heterocycles. The Balaban J connectivity index is 1.54. The van der Waals surface area contributed by atoms with Crippen molar-refractivity contribution in [2.45, 2.75) is 32.4 Å². The molecule has 0 spiro atoms. The van der Waals surface area contributed by atoms with Gasteiger partial charge in [-0.2, -0.15) is 0 Å². The SMILES string of the molecule is CC(C)(C)OC(=O)N1CCN2C(=O)c3cnc(-c4ccccc4)cc3OCC2C1. The average Bonchev–Trinajstić information content (AvgIpc) is 2.83. The molecule has 0 bridgehead atoms. The number of ether oxygens (including phenoxy) is 2. The van der Waals surface area contributed by atoms with Crippen LogP contribution >= 0.6 is 0 Å². The van der Waals surface area contributed by atoms with Gasteiger partial charge in [0, 0.05) is 37.5 Å². The van der Waals surface area contributed by atoms with Gasteiger partial charge in [0.2, 0.25) is 0 Å². The van der Waals surface area contributed by atoms with Crippen LogP contribution in [0.15, 0.2) is 42.6 Å². The molecule has 0 radical (unpaired) electrons. The molecule has 1 aromatic carbocycles. The van der Waals surface area contributed by atoms with Gasteiger partial charge in [0.25, 0.3) is 5.91 Å². The predicted molar refractivity (Wildman–Crippen MR) is 108 cm³/mol. The molecule has 0 saturated carbocycles. The first-order valence-corrected chi connectivity index (χ1v) is 9.79. The summed E-state index contributed by atoms with van der Waals surface area (Å²) in [6.45, 7) is 7.09. The van der Waals surface area contributed by atoms with E-state index in [4.69, 9.17) is 9.47 Å². The van der Waals surface area contributed by atoms with Crippen molar-refractivity contribution in [2.75, 3.05) is 26.2 Å². The fourth-order valence-corrected chi connectivity index (χ4v) is 3.58. The molecular weight excluding hydrogens is 370 g/mol. The number of pyridine rings is 1. The van der Waals surface area contributed by atoms with Crippen molar-refractivity contribution in [3.8, 4) is 17.0 Å². The van der Waals surface area contributed by atoms with Crippen molar-refractivity contribution in [1.29, 1.82) is 0 Å².